The van der Waals surface area contributed by atoms with Crippen LogP contribution >= 0.6 is 0 Å². The van der Waals surface area contributed by atoms with Gasteiger partial charge in [0.2, 0.25) is 0 Å². The molecule has 4 aromatic heterocycles. The molecule has 9 rings (SSSR count). The molecule has 7 heteroatoms. The summed E-state index contributed by atoms with van der Waals surface area (Å²) in [7, 11) is 0. The number of hydrogen-bond acceptors (Lipinski definition) is 5. The molecule has 4 heterocycles. The first-order chi connectivity index (χ1) is 31.3. The van der Waals surface area contributed by atoms with Gasteiger partial charge in [0.15, 0.2) is 0 Å². The van der Waals surface area contributed by atoms with E-state index in [4.69, 9.17) is 4.98 Å². The van der Waals surface area contributed by atoms with Crippen LogP contribution in [0.4, 0.5) is 0 Å². The maximum absolute atomic E-state index is 4.99. The molecular formula is C58H69N7. The summed E-state index contributed by atoms with van der Waals surface area (Å²) in [4.78, 5) is 22.3. The second-order valence-corrected chi connectivity index (χ2v) is 20.0. The summed E-state index contributed by atoms with van der Waals surface area (Å²) in [6.07, 6.45) is 32.5. The number of imidazole rings is 2. The largest absolute Gasteiger partial charge is 0.299 e. The lowest BCUT2D eigenvalue weighted by molar-refractivity contribution is 0.417. The van der Waals surface area contributed by atoms with Gasteiger partial charge in [0.25, 0.3) is 0 Å². The predicted octanol–water partition coefficient (Wildman–Crippen LogP) is 15.0. The molecule has 7 nitrogen and oxygen atoms in total. The summed E-state index contributed by atoms with van der Waals surface area (Å²) in [6, 6.07) is 13.8. The van der Waals surface area contributed by atoms with Gasteiger partial charge >= 0.3 is 0 Å². The fourth-order valence-corrected chi connectivity index (χ4v) is 10.1. The van der Waals surface area contributed by atoms with E-state index in [0.29, 0.717) is 41.4 Å². The van der Waals surface area contributed by atoms with Gasteiger partial charge in [-0.15, -0.1) is 0 Å². The SMILES string of the molecule is CC(C)c1cc(C2C3=C(CCC=C3)C3=C2C=CCC3)cc(C(C)C)c1-n1ccnc1-c1ccncc1C[C@@H](C)C(C)C.CC(C)c1cccc(C(C)C)c1-n1ccnc1-c1cncnc1. The standard InChI is InChI=1S/C39H47N3.C19H22N4/c1-24(2)27(7)20-29-23-40-17-16-30(29)39-41-18-19-42(39)38-35(25(3)4)21-28(22-36(38)26(5)6)37-33-14-10-8-12-31(33)32-13-9-11-15-34(32)37;1-13(2)16-6-5-7-17(14(3)4)18(16)23-9-8-22-19(23)15-10-20-12-21-11-15/h10-11,14-19,21-27,37H,8-9,12-13,20H2,1-7H3;5-14H,1-4H3/t27-;/m1./s1. The quantitative estimate of drug-likeness (QED) is 0.122. The molecule has 2 aromatic carbocycles. The van der Waals surface area contributed by atoms with Crippen molar-refractivity contribution in [2.24, 2.45) is 11.8 Å². The fraction of sp³-hybridized carbons (Fsp3) is 0.397. The monoisotopic (exact) mass is 864 g/mol. The molecule has 0 bridgehead atoms. The number of benzene rings is 2. The third-order valence-corrected chi connectivity index (χ3v) is 13.9. The smallest absolute Gasteiger partial charge is 0.147 e. The zero-order valence-corrected chi connectivity index (χ0v) is 40.7. The maximum atomic E-state index is 4.99. The van der Waals surface area contributed by atoms with Gasteiger partial charge in [-0.25, -0.2) is 19.9 Å². The molecule has 0 amide bonds. The first-order valence-electron chi connectivity index (χ1n) is 24.2. The predicted molar refractivity (Wildman–Crippen MR) is 269 cm³/mol. The zero-order chi connectivity index (χ0) is 45.9. The highest BCUT2D eigenvalue weighted by atomic mass is 15.1. The van der Waals surface area contributed by atoms with E-state index >= 15 is 0 Å². The number of fused-ring (bicyclic) bond motifs is 1. The van der Waals surface area contributed by atoms with Crippen molar-refractivity contribution in [3.63, 3.8) is 0 Å². The van der Waals surface area contributed by atoms with Crippen molar-refractivity contribution in [2.75, 3.05) is 0 Å². The molecular weight excluding hydrogens is 795 g/mol. The Morgan fingerprint density at radius 2 is 1.11 bits per heavy atom. The van der Waals surface area contributed by atoms with Crippen LogP contribution in [0.2, 0.25) is 0 Å². The minimum atomic E-state index is 0.332. The summed E-state index contributed by atoms with van der Waals surface area (Å²) >= 11 is 0. The van der Waals surface area contributed by atoms with Crippen LogP contribution in [-0.2, 0) is 6.42 Å². The van der Waals surface area contributed by atoms with Crippen LogP contribution < -0.4 is 0 Å². The Morgan fingerprint density at radius 3 is 1.65 bits per heavy atom. The van der Waals surface area contributed by atoms with Gasteiger partial charge in [-0.05, 0) is 129 Å². The van der Waals surface area contributed by atoms with E-state index in [1.807, 2.05) is 24.8 Å². The van der Waals surface area contributed by atoms with Crippen LogP contribution in [-0.4, -0.2) is 34.1 Å². The summed E-state index contributed by atoms with van der Waals surface area (Å²) in [6.45, 7) is 25.2. The first kappa shape index (κ1) is 45.6. The van der Waals surface area contributed by atoms with Crippen molar-refractivity contribution in [1.29, 1.82) is 0 Å². The van der Waals surface area contributed by atoms with Crippen LogP contribution in [0.1, 0.15) is 165 Å². The Kier molecular flexibility index (Phi) is 13.8. The highest BCUT2D eigenvalue weighted by Crippen LogP contribution is 2.52. The van der Waals surface area contributed by atoms with Gasteiger partial charge in [0, 0.05) is 61.1 Å². The van der Waals surface area contributed by atoms with Gasteiger partial charge in [-0.3, -0.25) is 14.1 Å². The van der Waals surface area contributed by atoms with Crippen molar-refractivity contribution in [3.8, 4) is 34.2 Å². The number of allylic oxidation sites excluding steroid dienone is 8. The van der Waals surface area contributed by atoms with Crippen LogP contribution in [0.15, 0.2) is 139 Å². The molecule has 0 unspecified atom stereocenters. The van der Waals surface area contributed by atoms with Gasteiger partial charge in [0.1, 0.15) is 18.0 Å². The first-order valence-corrected chi connectivity index (χ1v) is 24.2. The molecule has 0 radical (unpaired) electrons. The Morgan fingerprint density at radius 1 is 0.585 bits per heavy atom. The zero-order valence-electron chi connectivity index (χ0n) is 40.7. The average molecular weight is 864 g/mol. The van der Waals surface area contributed by atoms with E-state index in [9.17, 15) is 0 Å². The highest BCUT2D eigenvalue weighted by Gasteiger charge is 2.35. The molecule has 336 valence electrons. The van der Waals surface area contributed by atoms with E-state index in [2.05, 4.69) is 178 Å². The number of nitrogens with zero attached hydrogens (tertiary/aromatic N) is 7. The van der Waals surface area contributed by atoms with Crippen molar-refractivity contribution >= 4 is 0 Å². The fourth-order valence-electron chi connectivity index (χ4n) is 10.1. The summed E-state index contributed by atoms with van der Waals surface area (Å²) < 4.78 is 4.54. The van der Waals surface area contributed by atoms with Crippen LogP contribution in [0.25, 0.3) is 34.2 Å². The molecule has 0 spiro atoms. The summed E-state index contributed by atoms with van der Waals surface area (Å²) in [5.74, 6) is 5.03. The molecule has 0 fully saturated rings. The Bertz CT molecular complexity index is 2660. The number of pyridine rings is 1. The molecule has 0 N–H and O–H groups in total. The summed E-state index contributed by atoms with van der Waals surface area (Å²) in [5, 5.41) is 0. The van der Waals surface area contributed by atoms with Gasteiger partial charge in [-0.1, -0.05) is 131 Å². The third kappa shape index (κ3) is 9.17. The summed E-state index contributed by atoms with van der Waals surface area (Å²) in [5.41, 5.74) is 19.2. The van der Waals surface area contributed by atoms with Gasteiger partial charge in [0.05, 0.1) is 16.9 Å². The highest BCUT2D eigenvalue weighted by molar-refractivity contribution is 5.69. The van der Waals surface area contributed by atoms with Crippen LogP contribution in [0, 0.1) is 11.8 Å². The number of rotatable bonds is 12. The minimum Gasteiger partial charge on any atom is -0.299 e. The van der Waals surface area contributed by atoms with E-state index < -0.39 is 0 Å². The Hall–Kier alpha value is -5.95. The van der Waals surface area contributed by atoms with Crippen molar-refractivity contribution < 1.29 is 0 Å². The minimum absolute atomic E-state index is 0.332. The Balaban J connectivity index is 0.000000211. The number of para-hydroxylation sites is 1. The molecule has 65 heavy (non-hydrogen) atoms. The lowest BCUT2D eigenvalue weighted by Gasteiger charge is -2.27. The lowest BCUT2D eigenvalue weighted by atomic mass is 9.80. The van der Waals surface area contributed by atoms with Crippen LogP contribution in [0.3, 0.4) is 0 Å². The molecule has 0 saturated carbocycles. The molecule has 3 aliphatic carbocycles. The second kappa shape index (κ2) is 19.7. The topological polar surface area (TPSA) is 74.3 Å². The molecule has 3 aliphatic rings. The molecule has 1 atom stereocenters. The third-order valence-electron chi connectivity index (χ3n) is 13.9. The van der Waals surface area contributed by atoms with Crippen molar-refractivity contribution in [3.05, 3.63) is 172 Å². The number of hydrogen-bond donors (Lipinski definition) is 0. The molecule has 0 saturated heterocycles. The van der Waals surface area contributed by atoms with E-state index in [-0.39, 0.29) is 0 Å². The van der Waals surface area contributed by atoms with Crippen molar-refractivity contribution in [1.82, 2.24) is 34.1 Å². The van der Waals surface area contributed by atoms with Crippen LogP contribution in [0.5, 0.6) is 0 Å². The normalized spacial score (nSPS) is 15.4. The van der Waals surface area contributed by atoms with Gasteiger partial charge < -0.3 is 0 Å². The molecule has 0 aliphatic heterocycles. The van der Waals surface area contributed by atoms with Gasteiger partial charge in [-0.2, -0.15) is 0 Å². The second-order valence-electron chi connectivity index (χ2n) is 20.0. The Labute approximate surface area is 388 Å². The van der Waals surface area contributed by atoms with Crippen molar-refractivity contribution in [2.45, 2.75) is 138 Å². The maximum Gasteiger partial charge on any atom is 0.147 e. The van der Waals surface area contributed by atoms with E-state index in [1.165, 1.54) is 63.2 Å². The lowest BCUT2D eigenvalue weighted by Crippen LogP contribution is -2.13. The number of aromatic nitrogens is 7. The molecule has 6 aromatic rings. The van der Waals surface area contributed by atoms with E-state index in [0.717, 1.165) is 36.5 Å². The average Bonchev–Trinajstić information content (AvgIpc) is 4.07. The van der Waals surface area contributed by atoms with E-state index in [1.54, 1.807) is 41.0 Å².